The van der Waals surface area contributed by atoms with E-state index in [1.807, 2.05) is 24.6 Å². The summed E-state index contributed by atoms with van der Waals surface area (Å²) in [6, 6.07) is 4.07. The van der Waals surface area contributed by atoms with E-state index >= 15 is 0 Å². The van der Waals surface area contributed by atoms with Crippen LogP contribution in [0.2, 0.25) is 0 Å². The first kappa shape index (κ1) is 15.6. The van der Waals surface area contributed by atoms with Crippen LogP contribution in [0.1, 0.15) is 43.1 Å². The summed E-state index contributed by atoms with van der Waals surface area (Å²) in [4.78, 5) is 0. The van der Waals surface area contributed by atoms with E-state index in [2.05, 4.69) is 10.4 Å². The average Bonchev–Trinajstić information content (AvgIpc) is 2.93. The van der Waals surface area contributed by atoms with Crippen LogP contribution in [-0.4, -0.2) is 16.3 Å². The minimum atomic E-state index is -0.532. The van der Waals surface area contributed by atoms with Gasteiger partial charge in [0.1, 0.15) is 11.6 Å². The fraction of sp³-hybridized carbons (Fsp3) is 0.438. The number of benzene rings is 1. The predicted molar refractivity (Wildman–Crippen MR) is 79.1 cm³/mol. The molecule has 0 spiro atoms. The number of nitrogens with one attached hydrogen (secondary N) is 1. The van der Waals surface area contributed by atoms with Crippen molar-refractivity contribution in [3.8, 4) is 0 Å². The van der Waals surface area contributed by atoms with Gasteiger partial charge in [0.05, 0.1) is 11.7 Å². The molecule has 2 aromatic rings. The van der Waals surface area contributed by atoms with E-state index in [-0.39, 0.29) is 6.04 Å². The zero-order valence-electron chi connectivity index (χ0n) is 12.7. The van der Waals surface area contributed by atoms with Crippen molar-refractivity contribution in [3.05, 3.63) is 52.9 Å². The van der Waals surface area contributed by atoms with Gasteiger partial charge >= 0.3 is 0 Å². The summed E-state index contributed by atoms with van der Waals surface area (Å²) in [5.74, 6) is -1.05. The highest BCUT2D eigenvalue weighted by Gasteiger charge is 2.22. The Hall–Kier alpha value is -1.75. The summed E-state index contributed by atoms with van der Waals surface area (Å²) in [6.07, 6.45) is 2.63. The van der Waals surface area contributed by atoms with Gasteiger partial charge in [0.15, 0.2) is 0 Å². The van der Waals surface area contributed by atoms with Crippen molar-refractivity contribution in [2.45, 2.75) is 39.8 Å². The second kappa shape index (κ2) is 6.80. The smallest absolute Gasteiger partial charge is 0.131 e. The largest absolute Gasteiger partial charge is 0.305 e. The number of aryl methyl sites for hydroxylation is 2. The molecule has 0 fully saturated rings. The lowest BCUT2D eigenvalue weighted by Crippen LogP contribution is -2.26. The van der Waals surface area contributed by atoms with E-state index < -0.39 is 11.6 Å². The maximum atomic E-state index is 14.2. The van der Waals surface area contributed by atoms with Crippen LogP contribution in [0.15, 0.2) is 24.4 Å². The molecule has 1 N–H and O–H groups in total. The van der Waals surface area contributed by atoms with Crippen LogP contribution in [0.3, 0.4) is 0 Å². The highest BCUT2D eigenvalue weighted by Crippen LogP contribution is 2.26. The summed E-state index contributed by atoms with van der Waals surface area (Å²) < 4.78 is 29.5. The molecule has 0 saturated carbocycles. The maximum absolute atomic E-state index is 14.2. The van der Waals surface area contributed by atoms with Crippen LogP contribution < -0.4 is 5.32 Å². The maximum Gasteiger partial charge on any atom is 0.131 e. The molecule has 0 aliphatic rings. The van der Waals surface area contributed by atoms with Gasteiger partial charge in [-0.2, -0.15) is 5.10 Å². The highest BCUT2D eigenvalue weighted by molar-refractivity contribution is 5.33. The number of rotatable bonds is 6. The molecule has 1 atom stereocenters. The van der Waals surface area contributed by atoms with Gasteiger partial charge < -0.3 is 5.32 Å². The normalized spacial score (nSPS) is 12.6. The minimum Gasteiger partial charge on any atom is -0.305 e. The predicted octanol–water partition coefficient (Wildman–Crippen LogP) is 3.58. The number of aromatic nitrogens is 2. The van der Waals surface area contributed by atoms with Crippen molar-refractivity contribution >= 4 is 0 Å². The van der Waals surface area contributed by atoms with E-state index in [1.165, 1.54) is 0 Å². The molecule has 0 saturated heterocycles. The Kier molecular flexibility index (Phi) is 5.07. The van der Waals surface area contributed by atoms with Gasteiger partial charge in [0, 0.05) is 24.4 Å². The second-order valence-corrected chi connectivity index (χ2v) is 5.08. The standard InChI is InChI=1S/C16H21F2N3/c1-4-7-19-16(15-6-8-20-21(15)5-2)12-9-11(3)13(17)10-14(12)18/h6,8-10,16,19H,4-5,7H2,1-3H3. The molecule has 0 radical (unpaired) electrons. The molecule has 5 heteroatoms. The molecular formula is C16H21F2N3. The molecule has 1 heterocycles. The van der Waals surface area contributed by atoms with Crippen molar-refractivity contribution in [2.24, 2.45) is 0 Å². The fourth-order valence-electron chi connectivity index (χ4n) is 2.42. The van der Waals surface area contributed by atoms with Crippen molar-refractivity contribution in [2.75, 3.05) is 6.54 Å². The van der Waals surface area contributed by atoms with Gasteiger partial charge in [0.2, 0.25) is 0 Å². The Morgan fingerprint density at radius 1 is 1.24 bits per heavy atom. The van der Waals surface area contributed by atoms with Crippen LogP contribution in [0.5, 0.6) is 0 Å². The molecule has 0 amide bonds. The Morgan fingerprint density at radius 2 is 2.00 bits per heavy atom. The molecule has 114 valence electrons. The van der Waals surface area contributed by atoms with Gasteiger partial charge in [-0.25, -0.2) is 8.78 Å². The topological polar surface area (TPSA) is 29.9 Å². The van der Waals surface area contributed by atoms with Crippen molar-refractivity contribution in [1.29, 1.82) is 0 Å². The number of halogens is 2. The first-order valence-corrected chi connectivity index (χ1v) is 7.29. The van der Waals surface area contributed by atoms with Gasteiger partial charge in [-0.3, -0.25) is 4.68 Å². The lowest BCUT2D eigenvalue weighted by molar-refractivity contribution is 0.498. The van der Waals surface area contributed by atoms with E-state index in [0.29, 0.717) is 17.7 Å². The Bertz CT molecular complexity index is 608. The first-order valence-electron chi connectivity index (χ1n) is 7.29. The van der Waals surface area contributed by atoms with Gasteiger partial charge in [-0.15, -0.1) is 0 Å². The molecule has 1 aromatic heterocycles. The summed E-state index contributed by atoms with van der Waals surface area (Å²) in [5, 5.41) is 7.57. The van der Waals surface area contributed by atoms with Crippen LogP contribution in [0.4, 0.5) is 8.78 Å². The molecule has 1 unspecified atom stereocenters. The molecule has 3 nitrogen and oxygen atoms in total. The number of hydrogen-bond donors (Lipinski definition) is 1. The van der Waals surface area contributed by atoms with Gasteiger partial charge in [0.25, 0.3) is 0 Å². The number of nitrogens with zero attached hydrogens (tertiary/aromatic N) is 2. The molecular weight excluding hydrogens is 272 g/mol. The lowest BCUT2D eigenvalue weighted by Gasteiger charge is -2.21. The van der Waals surface area contributed by atoms with Crippen molar-refractivity contribution in [3.63, 3.8) is 0 Å². The fourth-order valence-corrected chi connectivity index (χ4v) is 2.42. The number of hydrogen-bond acceptors (Lipinski definition) is 2. The molecule has 1 aromatic carbocycles. The Morgan fingerprint density at radius 3 is 2.67 bits per heavy atom. The van der Waals surface area contributed by atoms with Crippen LogP contribution in [-0.2, 0) is 6.54 Å². The summed E-state index contributed by atoms with van der Waals surface area (Å²) in [7, 11) is 0. The minimum absolute atomic E-state index is 0.327. The first-order chi connectivity index (χ1) is 10.1. The zero-order chi connectivity index (χ0) is 15.4. The van der Waals surface area contributed by atoms with Crippen molar-refractivity contribution in [1.82, 2.24) is 15.1 Å². The summed E-state index contributed by atoms with van der Waals surface area (Å²) in [6.45, 7) is 7.13. The second-order valence-electron chi connectivity index (χ2n) is 5.08. The van der Waals surface area contributed by atoms with Crippen molar-refractivity contribution < 1.29 is 8.78 Å². The van der Waals surface area contributed by atoms with Crippen LogP contribution in [0, 0.1) is 18.6 Å². The van der Waals surface area contributed by atoms with E-state index in [1.54, 1.807) is 19.2 Å². The van der Waals surface area contributed by atoms with E-state index in [4.69, 9.17) is 0 Å². The quantitative estimate of drug-likeness (QED) is 0.882. The molecule has 0 aliphatic carbocycles. The molecule has 0 bridgehead atoms. The summed E-state index contributed by atoms with van der Waals surface area (Å²) in [5.41, 5.74) is 1.78. The zero-order valence-corrected chi connectivity index (χ0v) is 12.7. The average molecular weight is 293 g/mol. The van der Waals surface area contributed by atoms with E-state index in [0.717, 1.165) is 24.7 Å². The monoisotopic (exact) mass is 293 g/mol. The molecule has 21 heavy (non-hydrogen) atoms. The third kappa shape index (κ3) is 3.29. The SMILES string of the molecule is CCCNC(c1cc(C)c(F)cc1F)c1ccnn1CC. The van der Waals surface area contributed by atoms with Gasteiger partial charge in [-0.1, -0.05) is 6.92 Å². The third-order valence-electron chi connectivity index (χ3n) is 3.53. The van der Waals surface area contributed by atoms with Crippen LogP contribution in [0.25, 0.3) is 0 Å². The third-order valence-corrected chi connectivity index (χ3v) is 3.53. The van der Waals surface area contributed by atoms with Crippen LogP contribution >= 0.6 is 0 Å². The Labute approximate surface area is 124 Å². The van der Waals surface area contributed by atoms with E-state index in [9.17, 15) is 8.78 Å². The lowest BCUT2D eigenvalue weighted by atomic mass is 10.00. The molecule has 0 aliphatic heterocycles. The highest BCUT2D eigenvalue weighted by atomic mass is 19.1. The molecule has 2 rings (SSSR count). The Balaban J connectivity index is 2.48. The van der Waals surface area contributed by atoms with Gasteiger partial charge in [-0.05, 0) is 44.5 Å². The summed E-state index contributed by atoms with van der Waals surface area (Å²) >= 11 is 0.